The number of amides is 1. The number of nitrogens with zero attached hydrogens (tertiary/aromatic N) is 1. The fraction of sp³-hybridized carbons (Fsp3) is 0.588. The molecule has 1 heterocycles. The summed E-state index contributed by atoms with van der Waals surface area (Å²) in [5.41, 5.74) is 1.54. The van der Waals surface area contributed by atoms with Gasteiger partial charge in [-0.1, -0.05) is 26.8 Å². The number of carbonyl (C=O) groups is 1. The molecule has 0 radical (unpaired) electrons. The van der Waals surface area contributed by atoms with Gasteiger partial charge in [0.05, 0.1) is 5.56 Å². The zero-order valence-corrected chi connectivity index (χ0v) is 12.7. The Kier molecular flexibility index (Phi) is 4.69. The summed E-state index contributed by atoms with van der Waals surface area (Å²) >= 11 is 0. The summed E-state index contributed by atoms with van der Waals surface area (Å²) in [5.74, 6) is 1.10. The van der Waals surface area contributed by atoms with Crippen LogP contribution < -0.4 is 0 Å². The molecule has 110 valence electrons. The summed E-state index contributed by atoms with van der Waals surface area (Å²) in [6.45, 7) is 8.02. The van der Waals surface area contributed by atoms with Crippen molar-refractivity contribution < 1.29 is 9.90 Å². The Morgan fingerprint density at radius 1 is 1.30 bits per heavy atom. The van der Waals surface area contributed by atoms with E-state index in [0.717, 1.165) is 31.5 Å². The maximum atomic E-state index is 12.6. The lowest BCUT2D eigenvalue weighted by molar-refractivity contribution is 0.0757. The zero-order chi connectivity index (χ0) is 14.7. The van der Waals surface area contributed by atoms with Gasteiger partial charge in [0, 0.05) is 13.1 Å². The molecule has 0 spiro atoms. The van der Waals surface area contributed by atoms with Crippen molar-refractivity contribution >= 4 is 5.91 Å². The highest BCUT2D eigenvalue weighted by molar-refractivity contribution is 5.97. The molecule has 1 saturated heterocycles. The van der Waals surface area contributed by atoms with Gasteiger partial charge in [0.2, 0.25) is 0 Å². The van der Waals surface area contributed by atoms with E-state index in [2.05, 4.69) is 20.8 Å². The maximum Gasteiger partial charge on any atom is 0.257 e. The van der Waals surface area contributed by atoms with Crippen LogP contribution in [-0.4, -0.2) is 29.0 Å². The Morgan fingerprint density at radius 2 is 2.05 bits per heavy atom. The van der Waals surface area contributed by atoms with E-state index in [1.165, 1.54) is 6.42 Å². The number of hydrogen-bond acceptors (Lipinski definition) is 2. The van der Waals surface area contributed by atoms with Crippen LogP contribution in [0.15, 0.2) is 18.2 Å². The first-order valence-electron chi connectivity index (χ1n) is 7.61. The molecule has 0 saturated carbocycles. The van der Waals surface area contributed by atoms with Crippen LogP contribution in [0.25, 0.3) is 0 Å². The zero-order valence-electron chi connectivity index (χ0n) is 12.7. The Balaban J connectivity index is 2.21. The first-order valence-corrected chi connectivity index (χ1v) is 7.61. The number of phenols is 1. The fourth-order valence-corrected chi connectivity index (χ4v) is 2.72. The highest BCUT2D eigenvalue weighted by atomic mass is 16.3. The highest BCUT2D eigenvalue weighted by Gasteiger charge is 2.22. The molecule has 1 amide bonds. The Morgan fingerprint density at radius 3 is 2.75 bits per heavy atom. The molecule has 0 bridgehead atoms. The minimum absolute atomic E-state index is 0.0286. The molecule has 20 heavy (non-hydrogen) atoms. The molecule has 1 atom stereocenters. The molecule has 1 N–H and O–H groups in total. The van der Waals surface area contributed by atoms with Gasteiger partial charge in [-0.25, -0.2) is 0 Å². The first-order chi connectivity index (χ1) is 9.49. The van der Waals surface area contributed by atoms with Gasteiger partial charge in [0.25, 0.3) is 5.91 Å². The van der Waals surface area contributed by atoms with Crippen LogP contribution >= 0.6 is 0 Å². The van der Waals surface area contributed by atoms with Crippen molar-refractivity contribution in [3.05, 3.63) is 29.3 Å². The first kappa shape index (κ1) is 14.9. The second kappa shape index (κ2) is 6.29. The Labute approximate surface area is 121 Å². The fourth-order valence-electron chi connectivity index (χ4n) is 2.72. The van der Waals surface area contributed by atoms with Gasteiger partial charge >= 0.3 is 0 Å². The molecular weight excluding hydrogens is 250 g/mol. The van der Waals surface area contributed by atoms with Crippen molar-refractivity contribution in [3.8, 4) is 5.75 Å². The van der Waals surface area contributed by atoms with Gasteiger partial charge in [-0.3, -0.25) is 4.79 Å². The lowest BCUT2D eigenvalue weighted by atomic mass is 9.99. The van der Waals surface area contributed by atoms with E-state index >= 15 is 0 Å². The van der Waals surface area contributed by atoms with Crippen LogP contribution in [0, 0.1) is 5.92 Å². The number of benzene rings is 1. The molecule has 3 heteroatoms. The Bertz CT molecular complexity index is 482. The summed E-state index contributed by atoms with van der Waals surface area (Å²) in [7, 11) is 0. The van der Waals surface area contributed by atoms with E-state index in [0.29, 0.717) is 17.4 Å². The average Bonchev–Trinajstić information content (AvgIpc) is 2.63. The number of hydrogen-bond donors (Lipinski definition) is 1. The van der Waals surface area contributed by atoms with Gasteiger partial charge in [0.1, 0.15) is 5.75 Å². The van der Waals surface area contributed by atoms with Gasteiger partial charge < -0.3 is 10.0 Å². The molecule has 0 aliphatic carbocycles. The van der Waals surface area contributed by atoms with Crippen molar-refractivity contribution in [1.29, 1.82) is 0 Å². The van der Waals surface area contributed by atoms with Crippen LogP contribution in [0.5, 0.6) is 5.75 Å². The molecule has 1 aliphatic rings. The van der Waals surface area contributed by atoms with E-state index in [1.807, 2.05) is 17.0 Å². The third-order valence-corrected chi connectivity index (χ3v) is 4.22. The standard InChI is InChI=1S/C17H25NO2/c1-12(2)14-6-7-16(19)15(11-14)17(20)18-9-4-5-13(3)8-10-18/h6-7,11-13,19H,4-5,8-10H2,1-3H3. The SMILES string of the molecule is CC1CCCN(C(=O)c2cc(C(C)C)ccc2O)CC1. The molecule has 1 aromatic carbocycles. The molecule has 0 aromatic heterocycles. The third kappa shape index (κ3) is 3.33. The smallest absolute Gasteiger partial charge is 0.257 e. The van der Waals surface area contributed by atoms with Crippen molar-refractivity contribution in [3.63, 3.8) is 0 Å². The van der Waals surface area contributed by atoms with Crippen molar-refractivity contribution in [2.75, 3.05) is 13.1 Å². The molecule has 1 fully saturated rings. The monoisotopic (exact) mass is 275 g/mol. The summed E-state index contributed by atoms with van der Waals surface area (Å²) < 4.78 is 0. The summed E-state index contributed by atoms with van der Waals surface area (Å²) in [6, 6.07) is 5.38. The lowest BCUT2D eigenvalue weighted by Gasteiger charge is -2.21. The summed E-state index contributed by atoms with van der Waals surface area (Å²) in [6.07, 6.45) is 3.29. The molecule has 1 aromatic rings. The van der Waals surface area contributed by atoms with E-state index in [-0.39, 0.29) is 11.7 Å². The highest BCUT2D eigenvalue weighted by Crippen LogP contribution is 2.26. The van der Waals surface area contributed by atoms with Crippen LogP contribution in [0.4, 0.5) is 0 Å². The van der Waals surface area contributed by atoms with E-state index < -0.39 is 0 Å². The lowest BCUT2D eigenvalue weighted by Crippen LogP contribution is -2.32. The largest absolute Gasteiger partial charge is 0.507 e. The van der Waals surface area contributed by atoms with Gasteiger partial charge in [0.15, 0.2) is 0 Å². The van der Waals surface area contributed by atoms with Crippen LogP contribution in [0.2, 0.25) is 0 Å². The van der Waals surface area contributed by atoms with Gasteiger partial charge in [-0.05, 0) is 48.8 Å². The number of likely N-dealkylation sites (tertiary alicyclic amines) is 1. The van der Waals surface area contributed by atoms with Gasteiger partial charge in [-0.15, -0.1) is 0 Å². The summed E-state index contributed by atoms with van der Waals surface area (Å²) in [5, 5.41) is 9.99. The quantitative estimate of drug-likeness (QED) is 0.892. The summed E-state index contributed by atoms with van der Waals surface area (Å²) in [4.78, 5) is 14.5. The molecule has 1 unspecified atom stereocenters. The topological polar surface area (TPSA) is 40.5 Å². The predicted octanol–water partition coefficient (Wildman–Crippen LogP) is 3.78. The number of carbonyl (C=O) groups excluding carboxylic acids is 1. The number of aromatic hydroxyl groups is 1. The molecular formula is C17H25NO2. The molecule has 2 rings (SSSR count). The Hall–Kier alpha value is -1.51. The number of phenolic OH excluding ortho intramolecular Hbond substituents is 1. The maximum absolute atomic E-state index is 12.6. The van der Waals surface area contributed by atoms with Crippen molar-refractivity contribution in [2.45, 2.75) is 46.0 Å². The second-order valence-corrected chi connectivity index (χ2v) is 6.26. The third-order valence-electron chi connectivity index (χ3n) is 4.22. The van der Waals surface area contributed by atoms with Crippen LogP contribution in [-0.2, 0) is 0 Å². The van der Waals surface area contributed by atoms with Crippen molar-refractivity contribution in [1.82, 2.24) is 4.90 Å². The van der Waals surface area contributed by atoms with Crippen LogP contribution in [0.3, 0.4) is 0 Å². The molecule has 3 nitrogen and oxygen atoms in total. The van der Waals surface area contributed by atoms with Crippen molar-refractivity contribution in [2.24, 2.45) is 5.92 Å². The van der Waals surface area contributed by atoms with Gasteiger partial charge in [-0.2, -0.15) is 0 Å². The van der Waals surface area contributed by atoms with Crippen LogP contribution in [0.1, 0.15) is 61.9 Å². The second-order valence-electron chi connectivity index (χ2n) is 6.26. The van der Waals surface area contributed by atoms with E-state index in [9.17, 15) is 9.90 Å². The van der Waals surface area contributed by atoms with E-state index in [4.69, 9.17) is 0 Å². The minimum atomic E-state index is -0.0286. The van der Waals surface area contributed by atoms with E-state index in [1.54, 1.807) is 6.07 Å². The molecule has 1 aliphatic heterocycles. The number of rotatable bonds is 2. The average molecular weight is 275 g/mol. The normalized spacial score (nSPS) is 20.0. The minimum Gasteiger partial charge on any atom is -0.507 e. The predicted molar refractivity (Wildman–Crippen MR) is 81.1 cm³/mol.